The topological polar surface area (TPSA) is 32.5 Å². The summed E-state index contributed by atoms with van der Waals surface area (Å²) in [7, 11) is 6.36. The minimum absolute atomic E-state index is 0.305. The van der Waals surface area contributed by atoms with E-state index in [9.17, 15) is 0 Å². The molecule has 0 radical (unpaired) electrons. The summed E-state index contributed by atoms with van der Waals surface area (Å²) >= 11 is 8.82. The molecule has 0 aliphatic rings. The zero-order valence-electron chi connectivity index (χ0n) is 11.1. The van der Waals surface area contributed by atoms with Gasteiger partial charge in [0.15, 0.2) is 0 Å². The van der Waals surface area contributed by atoms with E-state index < -0.39 is 0 Å². The van der Waals surface area contributed by atoms with Gasteiger partial charge in [-0.2, -0.15) is 0 Å². The molecule has 0 bridgehead atoms. The number of thiophene rings is 1. The van der Waals surface area contributed by atoms with E-state index in [1.165, 1.54) is 4.88 Å². The lowest BCUT2D eigenvalue weighted by molar-refractivity contribution is 0.238. The van der Waals surface area contributed by atoms with Crippen LogP contribution in [0.5, 0.6) is 0 Å². The molecular weight excluding hydrogens is 378 g/mol. The predicted octanol–water partition coefficient (Wildman–Crippen LogP) is 3.16. The fourth-order valence-corrected chi connectivity index (χ4v) is 4.10. The SMILES string of the molecule is CN(C)CCCN(C)C(CN)c1cc(Br)c(Br)s1. The number of nitrogens with zero attached hydrogens (tertiary/aromatic N) is 2. The van der Waals surface area contributed by atoms with Crippen molar-refractivity contribution in [3.63, 3.8) is 0 Å². The first-order chi connectivity index (χ1) is 8.45. The van der Waals surface area contributed by atoms with Crippen LogP contribution >= 0.6 is 43.2 Å². The first-order valence-corrected chi connectivity index (χ1v) is 8.35. The second-order valence-electron chi connectivity index (χ2n) is 4.66. The normalized spacial score (nSPS) is 13.6. The standard InChI is InChI=1S/C12H21Br2N3S/c1-16(2)5-4-6-17(3)10(8-15)11-7-9(13)12(14)18-11/h7,10H,4-6,8,15H2,1-3H3. The molecule has 2 N–H and O–H groups in total. The van der Waals surface area contributed by atoms with Gasteiger partial charge in [-0.25, -0.2) is 0 Å². The number of likely N-dealkylation sites (N-methyl/N-ethyl adjacent to an activating group) is 1. The largest absolute Gasteiger partial charge is 0.329 e. The summed E-state index contributed by atoms with van der Waals surface area (Å²) in [4.78, 5) is 5.86. The fraction of sp³-hybridized carbons (Fsp3) is 0.667. The molecule has 1 aromatic rings. The molecule has 0 fully saturated rings. The average molecular weight is 399 g/mol. The Labute approximate surface area is 131 Å². The molecule has 1 atom stereocenters. The van der Waals surface area contributed by atoms with Gasteiger partial charge in [0.1, 0.15) is 0 Å². The third-order valence-electron chi connectivity index (χ3n) is 2.86. The Bertz CT molecular complexity index is 349. The Balaban J connectivity index is 2.59. The maximum Gasteiger partial charge on any atom is 0.0843 e. The lowest BCUT2D eigenvalue weighted by Gasteiger charge is -2.26. The van der Waals surface area contributed by atoms with Gasteiger partial charge in [0.2, 0.25) is 0 Å². The summed E-state index contributed by atoms with van der Waals surface area (Å²) < 4.78 is 2.25. The van der Waals surface area contributed by atoms with E-state index in [2.05, 4.69) is 68.9 Å². The monoisotopic (exact) mass is 397 g/mol. The van der Waals surface area contributed by atoms with Crippen molar-refractivity contribution in [3.05, 3.63) is 19.2 Å². The van der Waals surface area contributed by atoms with E-state index in [-0.39, 0.29) is 0 Å². The zero-order valence-corrected chi connectivity index (χ0v) is 15.1. The van der Waals surface area contributed by atoms with Crippen LogP contribution in [0.25, 0.3) is 0 Å². The highest BCUT2D eigenvalue weighted by Crippen LogP contribution is 2.36. The molecule has 3 nitrogen and oxygen atoms in total. The minimum Gasteiger partial charge on any atom is -0.329 e. The maximum absolute atomic E-state index is 5.92. The minimum atomic E-state index is 0.305. The Morgan fingerprint density at radius 2 is 1.94 bits per heavy atom. The summed E-state index contributed by atoms with van der Waals surface area (Å²) in [6.45, 7) is 2.82. The molecule has 1 aromatic heterocycles. The first kappa shape index (κ1) is 16.6. The Kier molecular flexibility index (Phi) is 7.35. The highest BCUT2D eigenvalue weighted by Gasteiger charge is 2.18. The second-order valence-corrected chi connectivity index (χ2v) is 7.92. The van der Waals surface area contributed by atoms with Crippen LogP contribution in [-0.4, -0.2) is 50.6 Å². The van der Waals surface area contributed by atoms with E-state index in [0.29, 0.717) is 12.6 Å². The smallest absolute Gasteiger partial charge is 0.0843 e. The molecule has 0 spiro atoms. The van der Waals surface area contributed by atoms with Gasteiger partial charge >= 0.3 is 0 Å². The number of rotatable bonds is 7. The van der Waals surface area contributed by atoms with Crippen molar-refractivity contribution < 1.29 is 0 Å². The number of halogens is 2. The van der Waals surface area contributed by atoms with Gasteiger partial charge in [-0.15, -0.1) is 11.3 Å². The van der Waals surface area contributed by atoms with E-state index in [4.69, 9.17) is 5.73 Å². The Morgan fingerprint density at radius 3 is 2.39 bits per heavy atom. The van der Waals surface area contributed by atoms with E-state index in [1.807, 2.05) is 0 Å². The van der Waals surface area contributed by atoms with Crippen LogP contribution < -0.4 is 5.73 Å². The van der Waals surface area contributed by atoms with Crippen molar-refractivity contribution in [3.8, 4) is 0 Å². The molecule has 0 amide bonds. The van der Waals surface area contributed by atoms with Crippen LogP contribution in [0.2, 0.25) is 0 Å². The highest BCUT2D eigenvalue weighted by atomic mass is 79.9. The third-order valence-corrected chi connectivity index (χ3v) is 6.22. The summed E-state index contributed by atoms with van der Waals surface area (Å²) in [5.74, 6) is 0. The van der Waals surface area contributed by atoms with E-state index >= 15 is 0 Å². The van der Waals surface area contributed by atoms with Gasteiger partial charge in [-0.05, 0) is 78.6 Å². The van der Waals surface area contributed by atoms with Crippen LogP contribution in [0.3, 0.4) is 0 Å². The molecule has 6 heteroatoms. The summed E-state index contributed by atoms with van der Waals surface area (Å²) in [6.07, 6.45) is 1.16. The van der Waals surface area contributed by atoms with Crippen molar-refractivity contribution in [1.82, 2.24) is 9.80 Å². The predicted molar refractivity (Wildman–Crippen MR) is 87.3 cm³/mol. The van der Waals surface area contributed by atoms with Crippen molar-refractivity contribution in [1.29, 1.82) is 0 Å². The van der Waals surface area contributed by atoms with Crippen molar-refractivity contribution in [2.24, 2.45) is 5.73 Å². The Morgan fingerprint density at radius 1 is 1.28 bits per heavy atom. The quantitative estimate of drug-likeness (QED) is 0.765. The molecule has 0 aromatic carbocycles. The average Bonchev–Trinajstić information content (AvgIpc) is 2.59. The molecule has 104 valence electrons. The van der Waals surface area contributed by atoms with Crippen LogP contribution in [0.15, 0.2) is 14.3 Å². The van der Waals surface area contributed by atoms with Crippen molar-refractivity contribution in [2.45, 2.75) is 12.5 Å². The van der Waals surface area contributed by atoms with Gasteiger partial charge in [0.25, 0.3) is 0 Å². The van der Waals surface area contributed by atoms with Crippen LogP contribution in [0.4, 0.5) is 0 Å². The van der Waals surface area contributed by atoms with Crippen LogP contribution in [-0.2, 0) is 0 Å². The molecule has 1 rings (SSSR count). The number of hydrogen-bond acceptors (Lipinski definition) is 4. The number of hydrogen-bond donors (Lipinski definition) is 1. The Hall–Kier alpha value is 0.540. The van der Waals surface area contributed by atoms with Gasteiger partial charge in [0.05, 0.1) is 9.83 Å². The number of nitrogens with two attached hydrogens (primary N) is 1. The van der Waals surface area contributed by atoms with E-state index in [1.54, 1.807) is 11.3 Å². The molecule has 18 heavy (non-hydrogen) atoms. The van der Waals surface area contributed by atoms with Crippen LogP contribution in [0.1, 0.15) is 17.3 Å². The lowest BCUT2D eigenvalue weighted by Crippen LogP contribution is -2.32. The van der Waals surface area contributed by atoms with Gasteiger partial charge in [0, 0.05) is 15.9 Å². The summed E-state index contributed by atoms with van der Waals surface area (Å²) in [5, 5.41) is 0. The molecule has 0 aliphatic heterocycles. The first-order valence-electron chi connectivity index (χ1n) is 5.95. The molecule has 0 saturated heterocycles. The van der Waals surface area contributed by atoms with Crippen molar-refractivity contribution in [2.75, 3.05) is 40.8 Å². The highest BCUT2D eigenvalue weighted by molar-refractivity contribution is 9.13. The maximum atomic E-state index is 5.92. The third kappa shape index (κ3) is 4.90. The van der Waals surface area contributed by atoms with Gasteiger partial charge in [-0.3, -0.25) is 4.90 Å². The van der Waals surface area contributed by atoms with E-state index in [0.717, 1.165) is 27.8 Å². The molecule has 1 heterocycles. The van der Waals surface area contributed by atoms with Gasteiger partial charge < -0.3 is 10.6 Å². The van der Waals surface area contributed by atoms with Gasteiger partial charge in [-0.1, -0.05) is 0 Å². The molecular formula is C12H21Br2N3S. The zero-order chi connectivity index (χ0) is 13.7. The molecule has 0 saturated carbocycles. The fourth-order valence-electron chi connectivity index (χ4n) is 1.83. The molecule has 1 unspecified atom stereocenters. The summed E-state index contributed by atoms with van der Waals surface area (Å²) in [6, 6.07) is 2.47. The lowest BCUT2D eigenvalue weighted by atomic mass is 10.2. The second kappa shape index (κ2) is 7.97. The molecule has 0 aliphatic carbocycles. The van der Waals surface area contributed by atoms with Crippen LogP contribution in [0, 0.1) is 0 Å². The summed E-state index contributed by atoms with van der Waals surface area (Å²) in [5.41, 5.74) is 5.92. The van der Waals surface area contributed by atoms with Crippen molar-refractivity contribution >= 4 is 43.2 Å².